The van der Waals surface area contributed by atoms with E-state index < -0.39 is 14.9 Å². The standard InChI is InChI=1S/C16H13N3O5S/c20-19(21)13-6-8-14(9-7-13)25(22,23)18-11-16-17-10-15(24-16)12-4-2-1-3-5-12/h1-10,18H,11H2. The first-order chi connectivity index (χ1) is 12.0. The van der Waals surface area contributed by atoms with Crippen molar-refractivity contribution in [2.45, 2.75) is 11.4 Å². The van der Waals surface area contributed by atoms with E-state index in [4.69, 9.17) is 4.42 Å². The van der Waals surface area contributed by atoms with Crippen LogP contribution in [-0.4, -0.2) is 18.3 Å². The van der Waals surface area contributed by atoms with Crippen LogP contribution in [0.3, 0.4) is 0 Å². The molecule has 1 aromatic heterocycles. The molecule has 0 aliphatic rings. The Kier molecular flexibility index (Phi) is 4.59. The number of benzene rings is 2. The third-order valence-electron chi connectivity index (χ3n) is 3.38. The maximum absolute atomic E-state index is 12.2. The van der Waals surface area contributed by atoms with E-state index in [-0.39, 0.29) is 23.0 Å². The second kappa shape index (κ2) is 6.83. The molecule has 3 rings (SSSR count). The summed E-state index contributed by atoms with van der Waals surface area (Å²) in [6, 6.07) is 13.9. The largest absolute Gasteiger partial charge is 0.439 e. The average Bonchev–Trinajstić information content (AvgIpc) is 3.10. The van der Waals surface area contributed by atoms with Gasteiger partial charge in [-0.05, 0) is 12.1 Å². The number of hydrogen-bond acceptors (Lipinski definition) is 6. The highest BCUT2D eigenvalue weighted by molar-refractivity contribution is 7.89. The molecule has 9 heteroatoms. The van der Waals surface area contributed by atoms with Crippen LogP contribution in [0.5, 0.6) is 0 Å². The average molecular weight is 359 g/mol. The summed E-state index contributed by atoms with van der Waals surface area (Å²) in [7, 11) is -3.83. The van der Waals surface area contributed by atoms with E-state index in [2.05, 4.69) is 9.71 Å². The number of rotatable bonds is 6. The van der Waals surface area contributed by atoms with Gasteiger partial charge in [-0.3, -0.25) is 10.1 Å². The highest BCUT2D eigenvalue weighted by atomic mass is 32.2. The minimum Gasteiger partial charge on any atom is -0.439 e. The summed E-state index contributed by atoms with van der Waals surface area (Å²) < 4.78 is 32.3. The fourth-order valence-corrected chi connectivity index (χ4v) is 3.09. The van der Waals surface area contributed by atoms with Gasteiger partial charge in [-0.25, -0.2) is 18.1 Å². The highest BCUT2D eigenvalue weighted by Gasteiger charge is 2.17. The highest BCUT2D eigenvalue weighted by Crippen LogP contribution is 2.20. The second-order valence-corrected chi connectivity index (χ2v) is 6.83. The Bertz CT molecular complexity index is 982. The SMILES string of the molecule is O=[N+]([O-])c1ccc(S(=O)(=O)NCc2ncc(-c3ccccc3)o2)cc1. The number of hydrogen-bond donors (Lipinski definition) is 1. The Morgan fingerprint density at radius 1 is 1.08 bits per heavy atom. The zero-order valence-electron chi connectivity index (χ0n) is 12.8. The molecule has 0 aliphatic heterocycles. The first kappa shape index (κ1) is 16.8. The van der Waals surface area contributed by atoms with Gasteiger partial charge in [0.1, 0.15) is 0 Å². The fourth-order valence-electron chi connectivity index (χ4n) is 2.11. The molecule has 0 saturated carbocycles. The van der Waals surface area contributed by atoms with Gasteiger partial charge in [-0.15, -0.1) is 0 Å². The van der Waals surface area contributed by atoms with Crippen LogP contribution in [-0.2, 0) is 16.6 Å². The molecule has 0 saturated heterocycles. The van der Waals surface area contributed by atoms with E-state index in [0.717, 1.165) is 17.7 Å². The third kappa shape index (κ3) is 3.90. The summed E-state index contributed by atoms with van der Waals surface area (Å²) in [5.41, 5.74) is 0.652. The minimum absolute atomic E-state index is 0.0760. The molecular formula is C16H13N3O5S. The number of oxazole rings is 1. The van der Waals surface area contributed by atoms with E-state index in [9.17, 15) is 18.5 Å². The summed E-state index contributed by atoms with van der Waals surface area (Å²) in [5.74, 6) is 0.745. The molecule has 128 valence electrons. The van der Waals surface area contributed by atoms with Crippen LogP contribution < -0.4 is 4.72 Å². The minimum atomic E-state index is -3.83. The number of nitrogens with one attached hydrogen (secondary N) is 1. The molecule has 0 atom stereocenters. The third-order valence-corrected chi connectivity index (χ3v) is 4.80. The topological polar surface area (TPSA) is 115 Å². The van der Waals surface area contributed by atoms with Crippen molar-refractivity contribution in [1.29, 1.82) is 0 Å². The van der Waals surface area contributed by atoms with Gasteiger partial charge in [0, 0.05) is 17.7 Å². The summed E-state index contributed by atoms with van der Waals surface area (Å²) >= 11 is 0. The lowest BCUT2D eigenvalue weighted by Crippen LogP contribution is -2.23. The van der Waals surface area contributed by atoms with Gasteiger partial charge < -0.3 is 4.42 Å². The first-order valence-electron chi connectivity index (χ1n) is 7.20. The number of sulfonamides is 1. The lowest BCUT2D eigenvalue weighted by Gasteiger charge is -2.04. The lowest BCUT2D eigenvalue weighted by atomic mass is 10.2. The smallest absolute Gasteiger partial charge is 0.269 e. The summed E-state index contributed by atoms with van der Waals surface area (Å²) in [5, 5.41) is 10.6. The monoisotopic (exact) mass is 359 g/mol. The Morgan fingerprint density at radius 3 is 2.40 bits per heavy atom. The van der Waals surface area contributed by atoms with Gasteiger partial charge in [-0.2, -0.15) is 0 Å². The van der Waals surface area contributed by atoms with Gasteiger partial charge in [-0.1, -0.05) is 30.3 Å². The number of nitrogens with zero attached hydrogens (tertiary/aromatic N) is 2. The van der Waals surface area contributed by atoms with Crippen LogP contribution >= 0.6 is 0 Å². The number of nitro groups is 1. The molecule has 0 spiro atoms. The number of aromatic nitrogens is 1. The van der Waals surface area contributed by atoms with Crippen LogP contribution in [0.2, 0.25) is 0 Å². The molecule has 3 aromatic rings. The zero-order chi connectivity index (χ0) is 17.9. The molecule has 0 amide bonds. The lowest BCUT2D eigenvalue weighted by molar-refractivity contribution is -0.384. The van der Waals surface area contributed by atoms with Crippen LogP contribution in [0.1, 0.15) is 5.89 Å². The van der Waals surface area contributed by atoms with Gasteiger partial charge in [0.25, 0.3) is 5.69 Å². The van der Waals surface area contributed by atoms with Gasteiger partial charge in [0.05, 0.1) is 22.6 Å². The molecule has 8 nitrogen and oxygen atoms in total. The molecule has 25 heavy (non-hydrogen) atoms. The summed E-state index contributed by atoms with van der Waals surface area (Å²) in [6.07, 6.45) is 1.52. The van der Waals surface area contributed by atoms with Crippen molar-refractivity contribution in [3.8, 4) is 11.3 Å². The van der Waals surface area contributed by atoms with Gasteiger partial charge in [0.15, 0.2) is 5.76 Å². The predicted octanol–water partition coefficient (Wildman–Crippen LogP) is 2.73. The van der Waals surface area contributed by atoms with E-state index in [1.807, 2.05) is 30.3 Å². The Hall–Kier alpha value is -3.04. The maximum Gasteiger partial charge on any atom is 0.269 e. The van der Waals surface area contributed by atoms with E-state index >= 15 is 0 Å². The number of non-ortho nitro benzene ring substituents is 1. The van der Waals surface area contributed by atoms with Crippen molar-refractivity contribution in [3.63, 3.8) is 0 Å². The van der Waals surface area contributed by atoms with Crippen molar-refractivity contribution in [2.75, 3.05) is 0 Å². The molecule has 1 heterocycles. The normalized spacial score (nSPS) is 11.4. The second-order valence-electron chi connectivity index (χ2n) is 5.06. The van der Waals surface area contributed by atoms with Gasteiger partial charge >= 0.3 is 0 Å². The molecule has 0 aliphatic carbocycles. The maximum atomic E-state index is 12.2. The molecule has 1 N–H and O–H groups in total. The predicted molar refractivity (Wildman–Crippen MR) is 89.1 cm³/mol. The van der Waals surface area contributed by atoms with Crippen LogP contribution in [0, 0.1) is 10.1 Å². The van der Waals surface area contributed by atoms with Crippen molar-refractivity contribution in [3.05, 3.63) is 76.8 Å². The van der Waals surface area contributed by atoms with Crippen molar-refractivity contribution in [1.82, 2.24) is 9.71 Å². The summed E-state index contributed by atoms with van der Waals surface area (Å²) in [4.78, 5) is 14.0. The first-order valence-corrected chi connectivity index (χ1v) is 8.68. The summed E-state index contributed by atoms with van der Waals surface area (Å²) in [6.45, 7) is -0.133. The van der Waals surface area contributed by atoms with Crippen molar-refractivity contribution in [2.24, 2.45) is 0 Å². The molecule has 0 fully saturated rings. The molecule has 0 bridgehead atoms. The Balaban J connectivity index is 1.70. The quantitative estimate of drug-likeness (QED) is 0.534. The van der Waals surface area contributed by atoms with Crippen molar-refractivity contribution < 1.29 is 17.8 Å². The Morgan fingerprint density at radius 2 is 1.76 bits per heavy atom. The van der Waals surface area contributed by atoms with Crippen LogP contribution in [0.25, 0.3) is 11.3 Å². The molecule has 0 radical (unpaired) electrons. The van der Waals surface area contributed by atoms with Crippen LogP contribution in [0.4, 0.5) is 5.69 Å². The molecular weight excluding hydrogens is 346 g/mol. The Labute approximate surface area is 143 Å². The van der Waals surface area contributed by atoms with Gasteiger partial charge in [0.2, 0.25) is 15.9 Å². The van der Waals surface area contributed by atoms with Crippen molar-refractivity contribution >= 4 is 15.7 Å². The number of nitro benzene ring substituents is 1. The molecule has 2 aromatic carbocycles. The zero-order valence-corrected chi connectivity index (χ0v) is 13.6. The van der Waals surface area contributed by atoms with Crippen LogP contribution in [0.15, 0.2) is 70.1 Å². The van der Waals surface area contributed by atoms with E-state index in [0.29, 0.717) is 5.76 Å². The van der Waals surface area contributed by atoms with E-state index in [1.165, 1.54) is 18.3 Å². The molecule has 0 unspecified atom stereocenters. The van der Waals surface area contributed by atoms with E-state index in [1.54, 1.807) is 0 Å². The fraction of sp³-hybridized carbons (Fsp3) is 0.0625.